The molecule has 2 rings (SSSR count). The van der Waals surface area contributed by atoms with Crippen LogP contribution in [0.4, 0.5) is 11.5 Å². The summed E-state index contributed by atoms with van der Waals surface area (Å²) in [6, 6.07) is 1.72. The molecule has 0 amide bonds. The van der Waals surface area contributed by atoms with Gasteiger partial charge in [-0.05, 0) is 45.8 Å². The second kappa shape index (κ2) is 7.85. The van der Waals surface area contributed by atoms with Crippen LogP contribution in [0.25, 0.3) is 0 Å². The van der Waals surface area contributed by atoms with Crippen LogP contribution >= 0.6 is 15.9 Å². The van der Waals surface area contributed by atoms with Crippen molar-refractivity contribution in [3.05, 3.63) is 26.9 Å². The number of pyridine rings is 1. The molecule has 0 aromatic carbocycles. The fourth-order valence-electron chi connectivity index (χ4n) is 2.00. The number of hydrogen-bond acceptors (Lipinski definition) is 6. The summed E-state index contributed by atoms with van der Waals surface area (Å²) in [6.45, 7) is 9.55. The van der Waals surface area contributed by atoms with E-state index in [1.807, 2.05) is 18.7 Å². The van der Waals surface area contributed by atoms with Gasteiger partial charge in [0.15, 0.2) is 6.20 Å². The molecular weight excluding hydrogens is 352 g/mol. The fraction of sp³-hybridized carbons (Fsp3) is 0.643. The minimum Gasteiger partial charge on any atom is -0.364 e. The number of rotatable bonds is 5. The van der Waals surface area contributed by atoms with E-state index in [2.05, 4.69) is 20.9 Å². The third kappa shape index (κ3) is 5.19. The van der Waals surface area contributed by atoms with Crippen LogP contribution in [-0.4, -0.2) is 35.3 Å². The normalized spacial score (nSPS) is 14.9. The zero-order valence-corrected chi connectivity index (χ0v) is 15.0. The number of halogens is 1. The Hall–Kier alpha value is -1.25. The summed E-state index contributed by atoms with van der Waals surface area (Å²) in [5, 5.41) is 11.0. The highest BCUT2D eigenvalue weighted by molar-refractivity contribution is 9.10. The predicted molar refractivity (Wildman–Crippen MR) is 89.9 cm³/mol. The maximum atomic E-state index is 11.0. The molecule has 1 aliphatic rings. The molecule has 8 heteroatoms. The summed E-state index contributed by atoms with van der Waals surface area (Å²) >= 11 is 3.29. The molecule has 0 unspecified atom stereocenters. The van der Waals surface area contributed by atoms with E-state index in [9.17, 15) is 10.1 Å². The maximum absolute atomic E-state index is 11.0. The molecule has 0 radical (unpaired) electrons. The third-order valence-corrected chi connectivity index (χ3v) is 3.41. The van der Waals surface area contributed by atoms with Crippen LogP contribution in [-0.2, 0) is 4.74 Å². The van der Waals surface area contributed by atoms with E-state index >= 15 is 0 Å². The largest absolute Gasteiger partial charge is 0.387 e. The lowest BCUT2D eigenvalue weighted by Gasteiger charge is -2.41. The second-order valence-electron chi connectivity index (χ2n) is 5.44. The Morgan fingerprint density at radius 2 is 2.14 bits per heavy atom. The highest BCUT2D eigenvalue weighted by Gasteiger charge is 2.33. The zero-order chi connectivity index (χ0) is 16.9. The van der Waals surface area contributed by atoms with Crippen molar-refractivity contribution in [1.29, 1.82) is 0 Å². The summed E-state index contributed by atoms with van der Waals surface area (Å²) in [5.41, 5.74) is 5.64. The van der Waals surface area contributed by atoms with Crippen molar-refractivity contribution in [3.8, 4) is 0 Å². The maximum Gasteiger partial charge on any atom is 0.387 e. The van der Waals surface area contributed by atoms with Gasteiger partial charge in [0.1, 0.15) is 11.4 Å². The van der Waals surface area contributed by atoms with Gasteiger partial charge in [-0.25, -0.2) is 0 Å². The van der Waals surface area contributed by atoms with E-state index in [0.717, 1.165) is 4.47 Å². The van der Waals surface area contributed by atoms with Crippen LogP contribution in [0.5, 0.6) is 0 Å². The van der Waals surface area contributed by atoms with Crippen LogP contribution in [0.15, 0.2) is 16.7 Å². The molecule has 22 heavy (non-hydrogen) atoms. The van der Waals surface area contributed by atoms with Gasteiger partial charge in [-0.15, -0.1) is 0 Å². The summed E-state index contributed by atoms with van der Waals surface area (Å²) in [4.78, 5) is 16.3. The Labute approximate surface area is 139 Å². The number of anilines is 1. The van der Waals surface area contributed by atoms with E-state index in [0.29, 0.717) is 31.3 Å². The first kappa shape index (κ1) is 18.8. The third-order valence-electron chi connectivity index (χ3n) is 2.98. The number of nitrogens with zero attached hydrogens (tertiary/aromatic N) is 3. The highest BCUT2D eigenvalue weighted by atomic mass is 79.9. The molecule has 0 bridgehead atoms. The Balaban J connectivity index is 0.00000116. The molecule has 0 saturated carbocycles. The van der Waals surface area contributed by atoms with Crippen molar-refractivity contribution < 1.29 is 9.66 Å². The number of hydrogen-bond donors (Lipinski definition) is 1. The van der Waals surface area contributed by atoms with Crippen LogP contribution in [0.3, 0.4) is 0 Å². The van der Waals surface area contributed by atoms with E-state index in [4.69, 9.17) is 10.5 Å². The van der Waals surface area contributed by atoms with Crippen molar-refractivity contribution in [1.82, 2.24) is 4.98 Å². The second-order valence-corrected chi connectivity index (χ2v) is 6.35. The molecule has 1 fully saturated rings. The van der Waals surface area contributed by atoms with E-state index in [1.165, 1.54) is 6.20 Å². The van der Waals surface area contributed by atoms with E-state index in [-0.39, 0.29) is 5.82 Å². The fourth-order valence-corrected chi connectivity index (χ4v) is 2.32. The van der Waals surface area contributed by atoms with Gasteiger partial charge in [0.25, 0.3) is 0 Å². The van der Waals surface area contributed by atoms with Crippen molar-refractivity contribution in [2.75, 3.05) is 24.6 Å². The minimum atomic E-state index is -0.649. The molecule has 2 N–H and O–H groups in total. The molecule has 124 valence electrons. The van der Waals surface area contributed by atoms with E-state index < -0.39 is 10.6 Å². The van der Waals surface area contributed by atoms with Crippen LogP contribution < -0.4 is 10.6 Å². The predicted octanol–water partition coefficient (Wildman–Crippen LogP) is 2.93. The van der Waals surface area contributed by atoms with Crippen molar-refractivity contribution in [2.24, 2.45) is 11.7 Å². The Kier molecular flexibility index (Phi) is 6.70. The molecule has 1 aromatic rings. The van der Waals surface area contributed by atoms with Gasteiger partial charge in [0, 0.05) is 19.0 Å². The van der Waals surface area contributed by atoms with Gasteiger partial charge in [0.05, 0.1) is 11.1 Å². The average molecular weight is 375 g/mol. The molecule has 1 aliphatic heterocycles. The highest BCUT2D eigenvalue weighted by Crippen LogP contribution is 2.33. The average Bonchev–Trinajstić information content (AvgIpc) is 2.37. The van der Waals surface area contributed by atoms with Crippen molar-refractivity contribution in [3.63, 3.8) is 0 Å². The van der Waals surface area contributed by atoms with Crippen molar-refractivity contribution >= 4 is 27.4 Å². The van der Waals surface area contributed by atoms with Gasteiger partial charge in [-0.2, -0.15) is 0 Å². The lowest BCUT2D eigenvalue weighted by molar-refractivity contribution is -0.388. The number of nitro groups is 1. The molecule has 0 spiro atoms. The summed E-state index contributed by atoms with van der Waals surface area (Å²) < 4.78 is 6.23. The molecular formula is C14H23BrN4O3. The van der Waals surface area contributed by atoms with Gasteiger partial charge in [-0.1, -0.05) is 13.8 Å². The standard InChI is InChI=1S/C12H17BrN4O3.C2H6/c1-12(2,14)20-7-8-5-16(6-8)10-3-9(13)4-15-11(10)17(18)19;1-2/h3-4,8H,5-7,14H2,1-2H3;1-2H3. The van der Waals surface area contributed by atoms with Crippen molar-refractivity contribution in [2.45, 2.75) is 33.4 Å². The molecule has 0 aliphatic carbocycles. The summed E-state index contributed by atoms with van der Waals surface area (Å²) in [7, 11) is 0. The Morgan fingerprint density at radius 1 is 1.55 bits per heavy atom. The Morgan fingerprint density at radius 3 is 2.64 bits per heavy atom. The Bertz CT molecular complexity index is 513. The SMILES string of the molecule is CC.CC(C)(N)OCC1CN(c2cc(Br)cnc2[N+](=O)[O-])C1. The first-order valence-corrected chi connectivity index (χ1v) is 8.03. The summed E-state index contributed by atoms with van der Waals surface area (Å²) in [5.74, 6) is 0.211. The minimum absolute atomic E-state index is 0.119. The lowest BCUT2D eigenvalue weighted by atomic mass is 10.0. The molecule has 1 aromatic heterocycles. The van der Waals surface area contributed by atoms with Gasteiger partial charge >= 0.3 is 5.82 Å². The van der Waals surface area contributed by atoms with Gasteiger partial charge in [0.2, 0.25) is 0 Å². The van der Waals surface area contributed by atoms with Crippen LogP contribution in [0, 0.1) is 16.0 Å². The molecule has 7 nitrogen and oxygen atoms in total. The number of aromatic nitrogens is 1. The quantitative estimate of drug-likeness (QED) is 0.483. The number of nitrogens with two attached hydrogens (primary N) is 1. The van der Waals surface area contributed by atoms with Crippen LogP contribution in [0.1, 0.15) is 27.7 Å². The topological polar surface area (TPSA) is 94.5 Å². The number of ether oxygens (including phenoxy) is 1. The first-order valence-electron chi connectivity index (χ1n) is 7.24. The van der Waals surface area contributed by atoms with E-state index in [1.54, 1.807) is 19.9 Å². The molecule has 2 heterocycles. The smallest absolute Gasteiger partial charge is 0.364 e. The molecule has 0 atom stereocenters. The zero-order valence-electron chi connectivity index (χ0n) is 13.4. The van der Waals surface area contributed by atoms with Gasteiger partial charge in [-0.3, -0.25) is 0 Å². The monoisotopic (exact) mass is 374 g/mol. The van der Waals surface area contributed by atoms with Gasteiger partial charge < -0.3 is 25.5 Å². The molecule has 1 saturated heterocycles. The summed E-state index contributed by atoms with van der Waals surface area (Å²) in [6.07, 6.45) is 1.43. The lowest BCUT2D eigenvalue weighted by Crippen LogP contribution is -2.51. The first-order chi connectivity index (χ1) is 10.3. The van der Waals surface area contributed by atoms with Crippen LogP contribution in [0.2, 0.25) is 0 Å².